The number of rotatable bonds is 5. The molecule has 5 rings (SSSR count). The van der Waals surface area contributed by atoms with Crippen molar-refractivity contribution in [3.63, 3.8) is 0 Å². The molecular weight excluding hydrogens is 444 g/mol. The largest absolute Gasteiger partial charge is 0.355 e. The molecule has 0 spiro atoms. The van der Waals surface area contributed by atoms with E-state index < -0.39 is 0 Å². The monoisotopic (exact) mass is 462 g/mol. The van der Waals surface area contributed by atoms with Crippen molar-refractivity contribution in [2.45, 2.75) is 0 Å². The SMILES string of the molecule is CNC(=O)c1cccc(-c2ccn3c(-c4cccc(Nc5nncs5)c4)cnc3c2)c1.Cl. The molecular formula is C23H19ClN6OS. The van der Waals surface area contributed by atoms with Gasteiger partial charge in [0, 0.05) is 30.1 Å². The summed E-state index contributed by atoms with van der Waals surface area (Å²) in [7, 11) is 1.63. The Hall–Kier alpha value is -3.75. The summed E-state index contributed by atoms with van der Waals surface area (Å²) in [4.78, 5) is 16.6. The van der Waals surface area contributed by atoms with Gasteiger partial charge in [-0.15, -0.1) is 22.6 Å². The maximum atomic E-state index is 12.0. The van der Waals surface area contributed by atoms with Gasteiger partial charge >= 0.3 is 0 Å². The van der Waals surface area contributed by atoms with E-state index in [4.69, 9.17) is 0 Å². The quantitative estimate of drug-likeness (QED) is 0.382. The number of imidazole rings is 1. The maximum absolute atomic E-state index is 12.0. The second-order valence-corrected chi connectivity index (χ2v) is 7.73. The molecule has 0 aliphatic rings. The number of benzene rings is 2. The molecule has 32 heavy (non-hydrogen) atoms. The molecule has 0 radical (unpaired) electrons. The predicted molar refractivity (Wildman–Crippen MR) is 130 cm³/mol. The first-order valence-corrected chi connectivity index (χ1v) is 10.5. The van der Waals surface area contributed by atoms with Gasteiger partial charge in [0.25, 0.3) is 5.91 Å². The zero-order valence-electron chi connectivity index (χ0n) is 17.0. The maximum Gasteiger partial charge on any atom is 0.251 e. The lowest BCUT2D eigenvalue weighted by Gasteiger charge is -2.08. The van der Waals surface area contributed by atoms with Crippen molar-refractivity contribution in [3.8, 4) is 22.4 Å². The molecule has 1 amide bonds. The van der Waals surface area contributed by atoms with Crippen LogP contribution in [0.5, 0.6) is 0 Å². The molecule has 2 aromatic carbocycles. The van der Waals surface area contributed by atoms with Crippen molar-refractivity contribution in [2.75, 3.05) is 12.4 Å². The van der Waals surface area contributed by atoms with Crippen LogP contribution in [0, 0.1) is 0 Å². The summed E-state index contributed by atoms with van der Waals surface area (Å²) in [6, 6.07) is 19.7. The third-order valence-corrected chi connectivity index (χ3v) is 5.57. The normalized spacial score (nSPS) is 10.5. The third kappa shape index (κ3) is 4.18. The minimum atomic E-state index is -0.104. The lowest BCUT2D eigenvalue weighted by atomic mass is 10.0. The number of nitrogens with zero attached hydrogens (tertiary/aromatic N) is 4. The Bertz CT molecular complexity index is 1380. The lowest BCUT2D eigenvalue weighted by Crippen LogP contribution is -2.17. The van der Waals surface area contributed by atoms with Crippen LogP contribution in [0.15, 0.2) is 78.6 Å². The standard InChI is InChI=1S/C23H18N6OS.ClH/c1-24-22(30)18-6-2-4-15(10-18)16-8-9-29-20(13-25-21(29)12-16)17-5-3-7-19(11-17)27-23-28-26-14-31-23;/h2-14H,1H3,(H,24,30)(H,27,28);1H. The summed E-state index contributed by atoms with van der Waals surface area (Å²) in [5, 5.41) is 14.6. The number of aromatic nitrogens is 4. The van der Waals surface area contributed by atoms with E-state index in [-0.39, 0.29) is 18.3 Å². The minimum Gasteiger partial charge on any atom is -0.355 e. The van der Waals surface area contributed by atoms with Crippen LogP contribution >= 0.6 is 23.7 Å². The molecule has 0 atom stereocenters. The molecule has 3 heterocycles. The van der Waals surface area contributed by atoms with Gasteiger partial charge in [0.2, 0.25) is 5.13 Å². The molecule has 0 aliphatic carbocycles. The molecule has 9 heteroatoms. The summed E-state index contributed by atoms with van der Waals surface area (Å²) in [5.74, 6) is -0.104. The Balaban J connectivity index is 0.00000245. The van der Waals surface area contributed by atoms with E-state index in [0.717, 1.165) is 38.9 Å². The van der Waals surface area contributed by atoms with Crippen LogP contribution in [0.2, 0.25) is 0 Å². The second kappa shape index (κ2) is 9.17. The predicted octanol–water partition coefficient (Wildman–Crippen LogP) is 5.04. The molecule has 160 valence electrons. The highest BCUT2D eigenvalue weighted by atomic mass is 35.5. The highest BCUT2D eigenvalue weighted by Crippen LogP contribution is 2.28. The summed E-state index contributed by atoms with van der Waals surface area (Å²) in [6.45, 7) is 0. The van der Waals surface area contributed by atoms with E-state index in [9.17, 15) is 4.79 Å². The van der Waals surface area contributed by atoms with Crippen molar-refractivity contribution in [1.29, 1.82) is 0 Å². The molecule has 0 unspecified atom stereocenters. The number of nitrogens with one attached hydrogen (secondary N) is 2. The van der Waals surface area contributed by atoms with E-state index in [2.05, 4.69) is 42.3 Å². The third-order valence-electron chi connectivity index (χ3n) is 4.97. The van der Waals surface area contributed by atoms with Crippen molar-refractivity contribution in [2.24, 2.45) is 0 Å². The van der Waals surface area contributed by atoms with Gasteiger partial charge in [0.15, 0.2) is 0 Å². The van der Waals surface area contributed by atoms with E-state index >= 15 is 0 Å². The van der Waals surface area contributed by atoms with Gasteiger partial charge in [-0.05, 0) is 47.5 Å². The summed E-state index contributed by atoms with van der Waals surface area (Å²) >= 11 is 1.45. The topological polar surface area (TPSA) is 84.2 Å². The van der Waals surface area contributed by atoms with E-state index in [1.165, 1.54) is 11.3 Å². The van der Waals surface area contributed by atoms with Crippen LogP contribution in [-0.2, 0) is 0 Å². The molecule has 0 saturated carbocycles. The summed E-state index contributed by atoms with van der Waals surface area (Å²) in [6.07, 6.45) is 3.87. The molecule has 7 nitrogen and oxygen atoms in total. The molecule has 5 aromatic rings. The van der Waals surface area contributed by atoms with Gasteiger partial charge in [-0.1, -0.05) is 35.6 Å². The van der Waals surface area contributed by atoms with Crippen LogP contribution in [0.1, 0.15) is 10.4 Å². The molecule has 0 fully saturated rings. The number of halogens is 1. The van der Waals surface area contributed by atoms with Crippen molar-refractivity contribution >= 4 is 46.1 Å². The van der Waals surface area contributed by atoms with Gasteiger partial charge in [-0.2, -0.15) is 0 Å². The fourth-order valence-corrected chi connectivity index (χ4v) is 3.93. The fourth-order valence-electron chi connectivity index (χ4n) is 3.47. The number of carbonyl (C=O) groups excluding carboxylic acids is 1. The summed E-state index contributed by atoms with van der Waals surface area (Å²) in [5.41, 5.74) is 8.09. The Morgan fingerprint density at radius 3 is 2.62 bits per heavy atom. The van der Waals surface area contributed by atoms with E-state index in [1.54, 1.807) is 18.6 Å². The highest BCUT2D eigenvalue weighted by molar-refractivity contribution is 7.13. The Morgan fingerprint density at radius 2 is 1.81 bits per heavy atom. The van der Waals surface area contributed by atoms with Crippen LogP contribution in [-0.4, -0.2) is 32.5 Å². The summed E-state index contributed by atoms with van der Waals surface area (Å²) < 4.78 is 2.05. The second-order valence-electron chi connectivity index (χ2n) is 6.90. The first-order valence-electron chi connectivity index (χ1n) is 9.64. The van der Waals surface area contributed by atoms with Gasteiger partial charge in [-0.3, -0.25) is 9.20 Å². The Labute approximate surface area is 194 Å². The zero-order valence-corrected chi connectivity index (χ0v) is 18.7. The van der Waals surface area contributed by atoms with Gasteiger partial charge < -0.3 is 10.6 Å². The van der Waals surface area contributed by atoms with Crippen LogP contribution in [0.3, 0.4) is 0 Å². The Kier molecular flexibility index (Phi) is 6.16. The van der Waals surface area contributed by atoms with Gasteiger partial charge in [0.05, 0.1) is 11.9 Å². The number of fused-ring (bicyclic) bond motifs is 1. The minimum absolute atomic E-state index is 0. The molecule has 0 saturated heterocycles. The fraction of sp³-hybridized carbons (Fsp3) is 0.0435. The van der Waals surface area contributed by atoms with Gasteiger partial charge in [0.1, 0.15) is 11.2 Å². The zero-order chi connectivity index (χ0) is 21.2. The van der Waals surface area contributed by atoms with Crippen molar-refractivity contribution < 1.29 is 4.79 Å². The van der Waals surface area contributed by atoms with Crippen LogP contribution < -0.4 is 10.6 Å². The number of hydrogen-bond acceptors (Lipinski definition) is 6. The Morgan fingerprint density at radius 1 is 1.00 bits per heavy atom. The number of pyridine rings is 1. The average Bonchev–Trinajstić information content (AvgIpc) is 3.48. The molecule has 0 bridgehead atoms. The van der Waals surface area contributed by atoms with Gasteiger partial charge in [-0.25, -0.2) is 4.98 Å². The van der Waals surface area contributed by atoms with E-state index in [0.29, 0.717) is 5.56 Å². The first kappa shape index (κ1) is 21.5. The van der Waals surface area contributed by atoms with Crippen molar-refractivity contribution in [1.82, 2.24) is 24.9 Å². The molecule has 0 aliphatic heterocycles. The molecule has 3 aromatic heterocycles. The smallest absolute Gasteiger partial charge is 0.251 e. The average molecular weight is 463 g/mol. The number of amides is 1. The lowest BCUT2D eigenvalue weighted by molar-refractivity contribution is 0.0963. The van der Waals surface area contributed by atoms with Crippen LogP contribution in [0.4, 0.5) is 10.8 Å². The van der Waals surface area contributed by atoms with Crippen molar-refractivity contribution in [3.05, 3.63) is 84.1 Å². The highest BCUT2D eigenvalue weighted by Gasteiger charge is 2.10. The van der Waals surface area contributed by atoms with E-state index in [1.807, 2.05) is 54.9 Å². The number of anilines is 2. The molecule has 2 N–H and O–H groups in total. The van der Waals surface area contributed by atoms with Crippen LogP contribution in [0.25, 0.3) is 28.0 Å². The number of hydrogen-bond donors (Lipinski definition) is 2. The number of carbonyl (C=O) groups is 1. The first-order chi connectivity index (χ1) is 15.2.